The summed E-state index contributed by atoms with van der Waals surface area (Å²) in [5.74, 6) is -1.16. The van der Waals surface area contributed by atoms with E-state index in [1.165, 1.54) is 25.1 Å². The van der Waals surface area contributed by atoms with Gasteiger partial charge < -0.3 is 4.52 Å². The SMILES string of the molecule is CC1=CC(=O)c2c(OP(=O)(O)O)cccc2C1=O. The molecule has 1 aromatic rings. The van der Waals surface area contributed by atoms with Crippen molar-refractivity contribution in [3.63, 3.8) is 0 Å². The van der Waals surface area contributed by atoms with Gasteiger partial charge in [-0.25, -0.2) is 4.57 Å². The average Bonchev–Trinajstić information content (AvgIpc) is 2.23. The highest BCUT2D eigenvalue weighted by Gasteiger charge is 2.29. The Morgan fingerprint density at radius 1 is 1.22 bits per heavy atom. The summed E-state index contributed by atoms with van der Waals surface area (Å²) in [4.78, 5) is 41.1. The zero-order valence-electron chi connectivity index (χ0n) is 9.28. The van der Waals surface area contributed by atoms with Crippen LogP contribution in [0.25, 0.3) is 0 Å². The molecule has 0 fully saturated rings. The molecule has 0 unspecified atom stereocenters. The predicted octanol–water partition coefficient (Wildman–Crippen LogP) is 1.48. The molecule has 1 aliphatic rings. The van der Waals surface area contributed by atoms with Gasteiger partial charge in [-0.05, 0) is 19.1 Å². The fourth-order valence-electron chi connectivity index (χ4n) is 1.73. The van der Waals surface area contributed by atoms with Gasteiger partial charge in [0.1, 0.15) is 5.75 Å². The number of phosphoric acid groups is 1. The highest BCUT2D eigenvalue weighted by molar-refractivity contribution is 7.46. The van der Waals surface area contributed by atoms with Crippen LogP contribution in [0.4, 0.5) is 0 Å². The van der Waals surface area contributed by atoms with Crippen LogP contribution in [0.5, 0.6) is 5.75 Å². The van der Waals surface area contributed by atoms with Crippen molar-refractivity contribution in [3.8, 4) is 5.75 Å². The van der Waals surface area contributed by atoms with Crippen molar-refractivity contribution in [2.45, 2.75) is 6.92 Å². The molecule has 94 valence electrons. The van der Waals surface area contributed by atoms with Crippen LogP contribution < -0.4 is 4.52 Å². The van der Waals surface area contributed by atoms with Gasteiger partial charge in [-0.15, -0.1) is 0 Å². The molecule has 0 saturated heterocycles. The van der Waals surface area contributed by atoms with Crippen molar-refractivity contribution >= 4 is 19.4 Å². The van der Waals surface area contributed by atoms with Crippen molar-refractivity contribution in [1.82, 2.24) is 0 Å². The van der Waals surface area contributed by atoms with Gasteiger partial charge in [0.15, 0.2) is 11.6 Å². The van der Waals surface area contributed by atoms with E-state index in [2.05, 4.69) is 4.52 Å². The second kappa shape index (κ2) is 4.17. The summed E-state index contributed by atoms with van der Waals surface area (Å²) in [7, 11) is -4.78. The lowest BCUT2D eigenvalue weighted by atomic mass is 9.90. The van der Waals surface area contributed by atoms with Gasteiger partial charge in [0.25, 0.3) is 0 Å². The standard InChI is InChI=1S/C11H9O6P/c1-6-5-8(12)10-7(11(6)13)3-2-4-9(10)17-18(14,15)16/h2-5H,1H3,(H2,14,15,16). The van der Waals surface area contributed by atoms with E-state index < -0.39 is 13.6 Å². The number of ketones is 2. The van der Waals surface area contributed by atoms with E-state index in [4.69, 9.17) is 9.79 Å². The first-order valence-electron chi connectivity index (χ1n) is 4.95. The molecule has 0 atom stereocenters. The Labute approximate surface area is 102 Å². The van der Waals surface area contributed by atoms with Crippen LogP contribution in [0.1, 0.15) is 27.6 Å². The molecule has 0 aromatic heterocycles. The summed E-state index contributed by atoms with van der Waals surface area (Å²) in [6.07, 6.45) is 1.12. The normalized spacial score (nSPS) is 15.2. The molecule has 0 bridgehead atoms. The van der Waals surface area contributed by atoms with E-state index >= 15 is 0 Å². The van der Waals surface area contributed by atoms with E-state index in [1.807, 2.05) is 0 Å². The number of phosphoric ester groups is 1. The number of Topliss-reactive ketones (excluding diaryl/α,β-unsaturated/α-hetero) is 1. The predicted molar refractivity (Wildman–Crippen MR) is 61.5 cm³/mol. The highest BCUT2D eigenvalue weighted by atomic mass is 31.2. The van der Waals surface area contributed by atoms with Crippen LogP contribution in [0, 0.1) is 0 Å². The molecule has 0 amide bonds. The molecule has 0 saturated carbocycles. The molecule has 1 aliphatic carbocycles. The Morgan fingerprint density at radius 3 is 2.50 bits per heavy atom. The number of carbonyl (C=O) groups is 2. The zero-order chi connectivity index (χ0) is 13.5. The van der Waals surface area contributed by atoms with Gasteiger partial charge >= 0.3 is 7.82 Å². The molecule has 18 heavy (non-hydrogen) atoms. The second-order valence-corrected chi connectivity index (χ2v) is 4.95. The summed E-state index contributed by atoms with van der Waals surface area (Å²) in [5.41, 5.74) is 0.253. The summed E-state index contributed by atoms with van der Waals surface area (Å²) in [6, 6.07) is 4.05. The minimum absolute atomic E-state index is 0.0888. The van der Waals surface area contributed by atoms with E-state index in [-0.39, 0.29) is 28.2 Å². The minimum Gasteiger partial charge on any atom is -0.403 e. The molecule has 0 aliphatic heterocycles. The molecule has 2 N–H and O–H groups in total. The first kappa shape index (κ1) is 12.7. The highest BCUT2D eigenvalue weighted by Crippen LogP contribution is 2.41. The Hall–Kier alpha value is -1.75. The van der Waals surface area contributed by atoms with Crippen LogP contribution in [0.15, 0.2) is 29.8 Å². The lowest BCUT2D eigenvalue weighted by Gasteiger charge is -2.16. The Balaban J connectivity index is 2.61. The number of rotatable bonds is 2. The number of hydrogen-bond acceptors (Lipinski definition) is 4. The quantitative estimate of drug-likeness (QED) is 0.788. The number of benzene rings is 1. The molecule has 0 spiro atoms. The molecule has 1 aromatic carbocycles. The first-order chi connectivity index (χ1) is 8.29. The van der Waals surface area contributed by atoms with E-state index in [1.54, 1.807) is 0 Å². The topological polar surface area (TPSA) is 101 Å². The fourth-order valence-corrected chi connectivity index (χ4v) is 2.13. The van der Waals surface area contributed by atoms with Gasteiger partial charge in [0.2, 0.25) is 0 Å². The van der Waals surface area contributed by atoms with E-state index in [9.17, 15) is 14.2 Å². The molecular formula is C11H9O6P. The summed E-state index contributed by atoms with van der Waals surface area (Å²) >= 11 is 0. The smallest absolute Gasteiger partial charge is 0.403 e. The average molecular weight is 268 g/mol. The van der Waals surface area contributed by atoms with Crippen LogP contribution in [-0.2, 0) is 4.57 Å². The molecule has 0 radical (unpaired) electrons. The van der Waals surface area contributed by atoms with Gasteiger partial charge in [0, 0.05) is 11.1 Å². The third-order valence-corrected chi connectivity index (χ3v) is 2.87. The number of allylic oxidation sites excluding steroid dienone is 2. The largest absolute Gasteiger partial charge is 0.524 e. The molecular weight excluding hydrogens is 259 g/mol. The van der Waals surface area contributed by atoms with Gasteiger partial charge in [-0.3, -0.25) is 19.4 Å². The summed E-state index contributed by atoms with van der Waals surface area (Å²) in [5, 5.41) is 0. The van der Waals surface area contributed by atoms with Crippen LogP contribution in [-0.4, -0.2) is 21.4 Å². The van der Waals surface area contributed by atoms with Gasteiger partial charge in [0.05, 0.1) is 5.56 Å². The first-order valence-corrected chi connectivity index (χ1v) is 6.48. The summed E-state index contributed by atoms with van der Waals surface area (Å²) in [6.45, 7) is 1.50. The third kappa shape index (κ3) is 2.26. The van der Waals surface area contributed by atoms with Crippen LogP contribution in [0.2, 0.25) is 0 Å². The maximum Gasteiger partial charge on any atom is 0.524 e. The van der Waals surface area contributed by atoms with Crippen molar-refractivity contribution in [2.75, 3.05) is 0 Å². The number of carbonyl (C=O) groups excluding carboxylic acids is 2. The maximum atomic E-state index is 11.8. The van der Waals surface area contributed by atoms with Crippen molar-refractivity contribution in [2.24, 2.45) is 0 Å². The van der Waals surface area contributed by atoms with Crippen molar-refractivity contribution < 1.29 is 28.5 Å². The van der Waals surface area contributed by atoms with Gasteiger partial charge in [-0.2, -0.15) is 0 Å². The van der Waals surface area contributed by atoms with E-state index in [0.717, 1.165) is 6.08 Å². The lowest BCUT2D eigenvalue weighted by Crippen LogP contribution is -2.16. The van der Waals surface area contributed by atoms with Crippen molar-refractivity contribution in [3.05, 3.63) is 41.0 Å². The van der Waals surface area contributed by atoms with Crippen LogP contribution >= 0.6 is 7.82 Å². The monoisotopic (exact) mass is 268 g/mol. The second-order valence-electron chi connectivity index (χ2n) is 3.78. The Bertz CT molecular complexity index is 624. The third-order valence-electron chi connectivity index (χ3n) is 2.44. The lowest BCUT2D eigenvalue weighted by molar-refractivity contribution is 0.0982. The molecule has 2 rings (SSSR count). The van der Waals surface area contributed by atoms with E-state index in [0.29, 0.717) is 0 Å². The minimum atomic E-state index is -4.78. The summed E-state index contributed by atoms with van der Waals surface area (Å²) < 4.78 is 15.2. The van der Waals surface area contributed by atoms with Gasteiger partial charge in [-0.1, -0.05) is 12.1 Å². The molecule has 6 nitrogen and oxygen atoms in total. The van der Waals surface area contributed by atoms with Crippen LogP contribution in [0.3, 0.4) is 0 Å². The fraction of sp³-hybridized carbons (Fsp3) is 0.0909. The Morgan fingerprint density at radius 2 is 1.89 bits per heavy atom. The zero-order valence-corrected chi connectivity index (χ0v) is 10.2. The molecule has 7 heteroatoms. The maximum absolute atomic E-state index is 11.8. The number of fused-ring (bicyclic) bond motifs is 1. The Kier molecular flexibility index (Phi) is 2.94. The molecule has 0 heterocycles. The van der Waals surface area contributed by atoms with Crippen molar-refractivity contribution in [1.29, 1.82) is 0 Å². The number of hydrogen-bond donors (Lipinski definition) is 2.